The van der Waals surface area contributed by atoms with Crippen molar-refractivity contribution in [2.24, 2.45) is 5.92 Å². The maximum atomic E-state index is 12.4. The van der Waals surface area contributed by atoms with E-state index in [-0.39, 0.29) is 40.1 Å². The number of para-hydroxylation sites is 1. The highest BCUT2D eigenvalue weighted by Crippen LogP contribution is 2.29. The molecule has 2 rings (SSSR count). The van der Waals surface area contributed by atoms with E-state index in [1.807, 2.05) is 13.8 Å². The first kappa shape index (κ1) is 24.6. The highest BCUT2D eigenvalue weighted by Gasteiger charge is 2.17. The van der Waals surface area contributed by atoms with E-state index in [4.69, 9.17) is 9.47 Å². The number of benzene rings is 2. The zero-order chi connectivity index (χ0) is 23.7. The topological polar surface area (TPSA) is 103 Å². The smallest absolute Gasteiger partial charge is 0.387 e. The van der Waals surface area contributed by atoms with Crippen LogP contribution in [-0.2, 0) is 9.53 Å². The van der Waals surface area contributed by atoms with Crippen LogP contribution in [0.25, 0.3) is 0 Å². The lowest BCUT2D eigenvalue weighted by Gasteiger charge is -2.13. The summed E-state index contributed by atoms with van der Waals surface area (Å²) < 4.78 is 39.0. The molecule has 2 N–H and O–H groups in total. The Kier molecular flexibility index (Phi) is 8.94. The average Bonchev–Trinajstić information content (AvgIpc) is 2.76. The minimum atomic E-state index is -3.05. The summed E-state index contributed by atoms with van der Waals surface area (Å²) in [5.74, 6) is -1.95. The second-order valence-electron chi connectivity index (χ2n) is 7.02. The van der Waals surface area contributed by atoms with Crippen molar-refractivity contribution in [3.8, 4) is 11.5 Å². The standard InChI is InChI=1S/C22H24F2N2O6/c1-13(2)11-25-20(28)15-6-4-5-7-16(15)26-19(27)12-31-21(29)14-8-9-17(32-22(23)24)18(10-14)30-3/h4-10,13,22H,11-12H2,1-3H3,(H,25,28)(H,26,27). The third kappa shape index (κ3) is 7.22. The van der Waals surface area contributed by atoms with E-state index in [2.05, 4.69) is 15.4 Å². The number of carbonyl (C=O) groups is 3. The zero-order valence-electron chi connectivity index (χ0n) is 17.8. The number of hydrogen-bond acceptors (Lipinski definition) is 6. The van der Waals surface area contributed by atoms with Gasteiger partial charge in [-0.3, -0.25) is 9.59 Å². The Morgan fingerprint density at radius 1 is 1.03 bits per heavy atom. The van der Waals surface area contributed by atoms with Crippen LogP contribution < -0.4 is 20.1 Å². The minimum Gasteiger partial charge on any atom is -0.493 e. The molecule has 0 aliphatic rings. The monoisotopic (exact) mass is 450 g/mol. The Labute approximate surface area is 183 Å². The number of nitrogens with one attached hydrogen (secondary N) is 2. The molecule has 0 saturated carbocycles. The lowest BCUT2D eigenvalue weighted by atomic mass is 10.1. The van der Waals surface area contributed by atoms with Crippen molar-refractivity contribution in [1.29, 1.82) is 0 Å². The number of esters is 1. The third-order valence-corrected chi connectivity index (χ3v) is 4.07. The number of methoxy groups -OCH3 is 1. The van der Waals surface area contributed by atoms with Crippen LogP contribution in [0.1, 0.15) is 34.6 Å². The fourth-order valence-corrected chi connectivity index (χ4v) is 2.57. The Hall–Kier alpha value is -3.69. The lowest BCUT2D eigenvalue weighted by Crippen LogP contribution is -2.29. The second kappa shape index (κ2) is 11.6. The van der Waals surface area contributed by atoms with E-state index in [0.717, 1.165) is 12.1 Å². The molecule has 0 saturated heterocycles. The van der Waals surface area contributed by atoms with Crippen molar-refractivity contribution in [2.45, 2.75) is 20.5 Å². The zero-order valence-corrected chi connectivity index (χ0v) is 17.8. The minimum absolute atomic E-state index is 0.0234. The molecule has 0 heterocycles. The summed E-state index contributed by atoms with van der Waals surface area (Å²) >= 11 is 0. The molecule has 2 aromatic carbocycles. The SMILES string of the molecule is COc1cc(C(=O)OCC(=O)Nc2ccccc2C(=O)NCC(C)C)ccc1OC(F)F. The summed E-state index contributed by atoms with van der Waals surface area (Å²) in [4.78, 5) is 36.8. The number of halogens is 2. The molecule has 2 amide bonds. The number of anilines is 1. The van der Waals surface area contributed by atoms with Gasteiger partial charge in [0.2, 0.25) is 0 Å². The van der Waals surface area contributed by atoms with Gasteiger partial charge >= 0.3 is 12.6 Å². The molecule has 0 unspecified atom stereocenters. The van der Waals surface area contributed by atoms with Gasteiger partial charge in [-0.15, -0.1) is 0 Å². The molecule has 0 spiro atoms. The van der Waals surface area contributed by atoms with Crippen molar-refractivity contribution >= 4 is 23.5 Å². The molecule has 10 heteroatoms. The van der Waals surface area contributed by atoms with Gasteiger partial charge in [0.25, 0.3) is 11.8 Å². The van der Waals surface area contributed by atoms with Gasteiger partial charge in [-0.2, -0.15) is 8.78 Å². The van der Waals surface area contributed by atoms with Crippen molar-refractivity contribution in [3.63, 3.8) is 0 Å². The van der Waals surface area contributed by atoms with Gasteiger partial charge in [0, 0.05) is 6.54 Å². The molecule has 32 heavy (non-hydrogen) atoms. The fourth-order valence-electron chi connectivity index (χ4n) is 2.57. The van der Waals surface area contributed by atoms with Gasteiger partial charge in [0.1, 0.15) is 0 Å². The summed E-state index contributed by atoms with van der Waals surface area (Å²) in [6, 6.07) is 9.92. The van der Waals surface area contributed by atoms with Gasteiger partial charge < -0.3 is 24.8 Å². The Balaban J connectivity index is 1.99. The van der Waals surface area contributed by atoms with Gasteiger partial charge in [-0.05, 0) is 36.2 Å². The molecule has 0 bridgehead atoms. The van der Waals surface area contributed by atoms with Crippen LogP contribution in [-0.4, -0.2) is 44.7 Å². The maximum absolute atomic E-state index is 12.4. The molecule has 8 nitrogen and oxygen atoms in total. The first-order chi connectivity index (χ1) is 15.2. The maximum Gasteiger partial charge on any atom is 0.387 e. The average molecular weight is 450 g/mol. The largest absolute Gasteiger partial charge is 0.493 e. The Morgan fingerprint density at radius 2 is 1.75 bits per heavy atom. The number of hydrogen-bond donors (Lipinski definition) is 2. The summed E-state index contributed by atoms with van der Waals surface area (Å²) in [5, 5.41) is 5.30. The van der Waals surface area contributed by atoms with E-state index in [0.29, 0.717) is 6.54 Å². The quantitative estimate of drug-likeness (QED) is 0.538. The Bertz CT molecular complexity index is 965. The van der Waals surface area contributed by atoms with E-state index in [1.54, 1.807) is 24.3 Å². The van der Waals surface area contributed by atoms with E-state index < -0.39 is 25.1 Å². The molecule has 0 aliphatic carbocycles. The van der Waals surface area contributed by atoms with Crippen LogP contribution in [0.3, 0.4) is 0 Å². The summed E-state index contributed by atoms with van der Waals surface area (Å²) in [5.41, 5.74) is 0.516. The van der Waals surface area contributed by atoms with Gasteiger partial charge in [-0.25, -0.2) is 4.79 Å². The Morgan fingerprint density at radius 3 is 2.41 bits per heavy atom. The molecule has 0 aliphatic heterocycles. The van der Waals surface area contributed by atoms with E-state index in [9.17, 15) is 23.2 Å². The van der Waals surface area contributed by atoms with Crippen molar-refractivity contribution in [2.75, 3.05) is 25.6 Å². The first-order valence-corrected chi connectivity index (χ1v) is 9.68. The summed E-state index contributed by atoms with van der Waals surface area (Å²) in [6.45, 7) is 0.705. The molecular formula is C22H24F2N2O6. The van der Waals surface area contributed by atoms with Crippen LogP contribution in [0.2, 0.25) is 0 Å². The molecule has 2 aromatic rings. The van der Waals surface area contributed by atoms with Crippen molar-refractivity contribution in [1.82, 2.24) is 5.32 Å². The predicted molar refractivity (Wildman–Crippen MR) is 112 cm³/mol. The van der Waals surface area contributed by atoms with Crippen molar-refractivity contribution < 1.29 is 37.4 Å². The number of ether oxygens (including phenoxy) is 3. The van der Waals surface area contributed by atoms with Crippen LogP contribution in [0.4, 0.5) is 14.5 Å². The van der Waals surface area contributed by atoms with Crippen LogP contribution in [0.15, 0.2) is 42.5 Å². The molecular weight excluding hydrogens is 426 g/mol. The third-order valence-electron chi connectivity index (χ3n) is 4.07. The van der Waals surface area contributed by atoms with Crippen molar-refractivity contribution in [3.05, 3.63) is 53.6 Å². The summed E-state index contributed by atoms with van der Waals surface area (Å²) in [6.07, 6.45) is 0. The molecule has 0 atom stereocenters. The predicted octanol–water partition coefficient (Wildman–Crippen LogP) is 3.48. The number of rotatable bonds is 10. The van der Waals surface area contributed by atoms with Gasteiger partial charge in [0.05, 0.1) is 23.9 Å². The first-order valence-electron chi connectivity index (χ1n) is 9.68. The van der Waals surface area contributed by atoms with Gasteiger partial charge in [-0.1, -0.05) is 26.0 Å². The van der Waals surface area contributed by atoms with Gasteiger partial charge in [0.15, 0.2) is 18.1 Å². The number of carbonyl (C=O) groups excluding carboxylic acids is 3. The molecule has 0 fully saturated rings. The highest BCUT2D eigenvalue weighted by atomic mass is 19.3. The highest BCUT2D eigenvalue weighted by molar-refractivity contribution is 6.04. The molecule has 0 aromatic heterocycles. The fraction of sp³-hybridized carbons (Fsp3) is 0.318. The number of amides is 2. The van der Waals surface area contributed by atoms with E-state index >= 15 is 0 Å². The normalized spacial score (nSPS) is 10.6. The second-order valence-corrected chi connectivity index (χ2v) is 7.02. The van der Waals surface area contributed by atoms with Crippen LogP contribution in [0.5, 0.6) is 11.5 Å². The molecule has 172 valence electrons. The number of alkyl halides is 2. The summed E-state index contributed by atoms with van der Waals surface area (Å²) in [7, 11) is 1.23. The van der Waals surface area contributed by atoms with Crippen LogP contribution >= 0.6 is 0 Å². The lowest BCUT2D eigenvalue weighted by molar-refractivity contribution is -0.119. The van der Waals surface area contributed by atoms with E-state index in [1.165, 1.54) is 13.2 Å². The molecule has 0 radical (unpaired) electrons. The van der Waals surface area contributed by atoms with Crippen LogP contribution in [0, 0.1) is 5.92 Å².